The molecular formula is C16H21BrFN. The Labute approximate surface area is 123 Å². The van der Waals surface area contributed by atoms with Crippen LogP contribution in [-0.4, -0.2) is 13.6 Å². The summed E-state index contributed by atoms with van der Waals surface area (Å²) in [6.45, 7) is 0.911. The minimum atomic E-state index is -0.197. The van der Waals surface area contributed by atoms with E-state index in [1.54, 1.807) is 0 Å². The van der Waals surface area contributed by atoms with Gasteiger partial charge in [-0.3, -0.25) is 0 Å². The number of hydrogen-bond acceptors (Lipinski definition) is 1. The average molecular weight is 326 g/mol. The molecule has 0 heterocycles. The molecule has 0 aliphatic heterocycles. The summed E-state index contributed by atoms with van der Waals surface area (Å²) in [5.74, 6) is 0.481. The molecule has 3 heteroatoms. The van der Waals surface area contributed by atoms with E-state index >= 15 is 0 Å². The van der Waals surface area contributed by atoms with Crippen LogP contribution in [0, 0.1) is 11.7 Å². The maximum Gasteiger partial charge on any atom is 0.124 e. The van der Waals surface area contributed by atoms with Gasteiger partial charge in [-0.1, -0.05) is 52.9 Å². The molecular weight excluding hydrogens is 305 g/mol. The van der Waals surface area contributed by atoms with Gasteiger partial charge in [-0.05, 0) is 43.5 Å². The van der Waals surface area contributed by atoms with Crippen LogP contribution in [-0.2, 0) is 0 Å². The topological polar surface area (TPSA) is 12.0 Å². The molecule has 1 aliphatic rings. The van der Waals surface area contributed by atoms with E-state index in [1.807, 2.05) is 13.1 Å². The Morgan fingerprint density at radius 1 is 1.37 bits per heavy atom. The second-order valence-corrected chi connectivity index (χ2v) is 6.10. The lowest BCUT2D eigenvalue weighted by molar-refractivity contribution is 0.398. The maximum atomic E-state index is 13.1. The van der Waals surface area contributed by atoms with Gasteiger partial charge >= 0.3 is 0 Å². The molecule has 1 fully saturated rings. The first-order valence-electron chi connectivity index (χ1n) is 7.01. The highest BCUT2D eigenvalue weighted by atomic mass is 79.9. The van der Waals surface area contributed by atoms with Crippen molar-refractivity contribution in [2.24, 2.45) is 5.92 Å². The van der Waals surface area contributed by atoms with E-state index in [1.165, 1.54) is 49.8 Å². The Morgan fingerprint density at radius 2 is 2.11 bits per heavy atom. The molecule has 0 bridgehead atoms. The van der Waals surface area contributed by atoms with E-state index in [-0.39, 0.29) is 5.82 Å². The fourth-order valence-electron chi connectivity index (χ4n) is 2.81. The maximum absolute atomic E-state index is 13.1. The Bertz CT molecular complexity index is 450. The fourth-order valence-corrected chi connectivity index (χ4v) is 3.27. The lowest BCUT2D eigenvalue weighted by Crippen LogP contribution is -2.19. The molecule has 0 unspecified atom stereocenters. The van der Waals surface area contributed by atoms with Crippen molar-refractivity contribution < 1.29 is 4.39 Å². The smallest absolute Gasteiger partial charge is 0.124 e. The highest BCUT2D eigenvalue weighted by Gasteiger charge is 2.17. The van der Waals surface area contributed by atoms with Crippen LogP contribution < -0.4 is 5.32 Å². The molecule has 19 heavy (non-hydrogen) atoms. The molecule has 2 rings (SSSR count). The van der Waals surface area contributed by atoms with Crippen LogP contribution in [0.15, 0.2) is 28.2 Å². The zero-order chi connectivity index (χ0) is 13.7. The van der Waals surface area contributed by atoms with Crippen LogP contribution in [0.5, 0.6) is 0 Å². The predicted octanol–water partition coefficient (Wildman–Crippen LogP) is 4.77. The first-order valence-corrected chi connectivity index (χ1v) is 7.80. The third kappa shape index (κ3) is 4.15. The van der Waals surface area contributed by atoms with E-state index in [4.69, 9.17) is 0 Å². The van der Waals surface area contributed by atoms with Gasteiger partial charge in [0.05, 0.1) is 0 Å². The van der Waals surface area contributed by atoms with E-state index in [2.05, 4.69) is 27.3 Å². The summed E-state index contributed by atoms with van der Waals surface area (Å²) < 4.78 is 14.0. The van der Waals surface area contributed by atoms with Crippen molar-refractivity contribution >= 4 is 22.0 Å². The number of benzene rings is 1. The lowest BCUT2D eigenvalue weighted by atomic mass is 9.83. The van der Waals surface area contributed by atoms with Crippen molar-refractivity contribution in [1.29, 1.82) is 0 Å². The molecule has 0 spiro atoms. The van der Waals surface area contributed by atoms with Crippen molar-refractivity contribution in [3.05, 3.63) is 39.6 Å². The van der Waals surface area contributed by atoms with Crippen molar-refractivity contribution in [2.75, 3.05) is 13.6 Å². The number of halogens is 2. The van der Waals surface area contributed by atoms with Crippen LogP contribution in [0.25, 0.3) is 6.08 Å². The molecule has 0 aromatic heterocycles. The lowest BCUT2D eigenvalue weighted by Gasteiger charge is -2.24. The van der Waals surface area contributed by atoms with Gasteiger partial charge in [0.1, 0.15) is 5.82 Å². The molecule has 0 saturated heterocycles. The molecule has 104 valence electrons. The zero-order valence-corrected chi connectivity index (χ0v) is 13.0. The normalized spacial score (nSPS) is 17.7. The summed E-state index contributed by atoms with van der Waals surface area (Å²) in [6, 6.07) is 4.90. The van der Waals surface area contributed by atoms with Crippen LogP contribution >= 0.6 is 15.9 Å². The highest BCUT2D eigenvalue weighted by molar-refractivity contribution is 9.10. The third-order valence-corrected chi connectivity index (χ3v) is 4.50. The average Bonchev–Trinajstić information content (AvgIpc) is 2.42. The van der Waals surface area contributed by atoms with Gasteiger partial charge < -0.3 is 5.32 Å². The molecule has 1 aromatic carbocycles. The van der Waals surface area contributed by atoms with Crippen molar-refractivity contribution in [3.63, 3.8) is 0 Å². The molecule has 1 N–H and O–H groups in total. The van der Waals surface area contributed by atoms with Gasteiger partial charge in [0.15, 0.2) is 0 Å². The van der Waals surface area contributed by atoms with Gasteiger partial charge in [0.2, 0.25) is 0 Å². The van der Waals surface area contributed by atoms with Crippen LogP contribution in [0.1, 0.15) is 37.7 Å². The second-order valence-electron chi connectivity index (χ2n) is 5.25. The van der Waals surface area contributed by atoms with Gasteiger partial charge in [-0.25, -0.2) is 4.39 Å². The standard InChI is InChI=1S/C16H21BrFN/c1-19-11-14(12-5-3-2-4-6-12)9-13-7-8-15(18)10-16(13)17/h7-10,12,19H,2-6,11H2,1H3/b14-9-. The Morgan fingerprint density at radius 3 is 2.74 bits per heavy atom. The quantitative estimate of drug-likeness (QED) is 0.840. The molecule has 1 aliphatic carbocycles. The molecule has 0 amide bonds. The van der Waals surface area contributed by atoms with Gasteiger partial charge in [0.25, 0.3) is 0 Å². The van der Waals surface area contributed by atoms with Gasteiger partial charge in [-0.15, -0.1) is 0 Å². The number of likely N-dealkylation sites (N-methyl/N-ethyl adjacent to an activating group) is 1. The van der Waals surface area contributed by atoms with E-state index in [0.717, 1.165) is 16.6 Å². The zero-order valence-electron chi connectivity index (χ0n) is 11.4. The number of hydrogen-bond donors (Lipinski definition) is 1. The number of nitrogens with one attached hydrogen (secondary N) is 1. The first kappa shape index (κ1) is 14.7. The van der Waals surface area contributed by atoms with Crippen molar-refractivity contribution in [2.45, 2.75) is 32.1 Å². The van der Waals surface area contributed by atoms with Crippen LogP contribution in [0.4, 0.5) is 4.39 Å². The molecule has 1 nitrogen and oxygen atoms in total. The predicted molar refractivity (Wildman–Crippen MR) is 82.6 cm³/mol. The first-order chi connectivity index (χ1) is 9.20. The third-order valence-electron chi connectivity index (χ3n) is 3.81. The second kappa shape index (κ2) is 7.20. The minimum Gasteiger partial charge on any atom is -0.316 e. The minimum absolute atomic E-state index is 0.197. The molecule has 0 atom stereocenters. The summed E-state index contributed by atoms with van der Waals surface area (Å²) in [5.41, 5.74) is 2.51. The van der Waals surface area contributed by atoms with E-state index < -0.39 is 0 Å². The van der Waals surface area contributed by atoms with Crippen molar-refractivity contribution in [3.8, 4) is 0 Å². The fraction of sp³-hybridized carbons (Fsp3) is 0.500. The SMILES string of the molecule is CNC/C(=C/c1ccc(F)cc1Br)C1CCCCC1. The summed E-state index contributed by atoms with van der Waals surface area (Å²) in [5, 5.41) is 3.26. The Hall–Kier alpha value is -0.670. The van der Waals surface area contributed by atoms with Gasteiger partial charge in [0, 0.05) is 11.0 Å². The highest BCUT2D eigenvalue weighted by Crippen LogP contribution is 2.31. The largest absolute Gasteiger partial charge is 0.316 e. The summed E-state index contributed by atoms with van der Waals surface area (Å²) in [7, 11) is 1.98. The summed E-state index contributed by atoms with van der Waals surface area (Å²) >= 11 is 3.45. The van der Waals surface area contributed by atoms with Crippen molar-refractivity contribution in [1.82, 2.24) is 5.32 Å². The monoisotopic (exact) mass is 325 g/mol. The molecule has 1 aromatic rings. The van der Waals surface area contributed by atoms with E-state index in [0.29, 0.717) is 5.92 Å². The molecule has 0 radical (unpaired) electrons. The Balaban J connectivity index is 2.23. The number of rotatable bonds is 4. The van der Waals surface area contributed by atoms with Crippen LogP contribution in [0.3, 0.4) is 0 Å². The summed E-state index contributed by atoms with van der Waals surface area (Å²) in [4.78, 5) is 0. The molecule has 1 saturated carbocycles. The summed E-state index contributed by atoms with van der Waals surface area (Å²) in [6.07, 6.45) is 8.81. The van der Waals surface area contributed by atoms with Crippen LogP contribution in [0.2, 0.25) is 0 Å². The van der Waals surface area contributed by atoms with Gasteiger partial charge in [-0.2, -0.15) is 0 Å². The van der Waals surface area contributed by atoms with E-state index in [9.17, 15) is 4.39 Å². The Kier molecular flexibility index (Phi) is 5.59.